The molecule has 1 fully saturated rings. The van der Waals surface area contributed by atoms with Gasteiger partial charge in [-0.1, -0.05) is 0 Å². The Morgan fingerprint density at radius 3 is 2.85 bits per heavy atom. The molecule has 3 nitrogen and oxygen atoms in total. The van der Waals surface area contributed by atoms with Crippen LogP contribution in [-0.4, -0.2) is 41.5 Å². The van der Waals surface area contributed by atoms with Gasteiger partial charge in [-0.3, -0.25) is 4.79 Å². The van der Waals surface area contributed by atoms with Crippen molar-refractivity contribution in [2.24, 2.45) is 0 Å². The summed E-state index contributed by atoms with van der Waals surface area (Å²) in [6, 6.07) is 2.85. The quantitative estimate of drug-likeness (QED) is 0.786. The summed E-state index contributed by atoms with van der Waals surface area (Å²) in [6.07, 6.45) is -0.319. The van der Waals surface area contributed by atoms with Crippen LogP contribution in [0.25, 0.3) is 0 Å². The minimum absolute atomic E-state index is 0.235. The van der Waals surface area contributed by atoms with Crippen molar-refractivity contribution in [2.45, 2.75) is 25.6 Å². The van der Waals surface area contributed by atoms with Crippen LogP contribution in [0.1, 0.15) is 24.2 Å². The van der Waals surface area contributed by atoms with Gasteiger partial charge >= 0.3 is 0 Å². The van der Waals surface area contributed by atoms with Crippen LogP contribution in [0, 0.1) is 11.6 Å². The van der Waals surface area contributed by atoms with Crippen LogP contribution < -0.4 is 0 Å². The van der Waals surface area contributed by atoms with Crippen molar-refractivity contribution in [3.8, 4) is 0 Å². The third kappa shape index (κ3) is 3.27. The lowest BCUT2D eigenvalue weighted by Gasteiger charge is -2.42. The molecule has 0 spiro atoms. The fraction of sp³-hybridized carbons (Fsp3) is 0.500. The van der Waals surface area contributed by atoms with E-state index in [2.05, 4.69) is 0 Å². The second-order valence-corrected chi connectivity index (χ2v) is 5.77. The van der Waals surface area contributed by atoms with Gasteiger partial charge in [0, 0.05) is 13.1 Å². The number of hydrogen-bond acceptors (Lipinski definition) is 2. The molecule has 20 heavy (non-hydrogen) atoms. The first kappa shape index (κ1) is 15.2. The topological polar surface area (TPSA) is 29.5 Å². The van der Waals surface area contributed by atoms with E-state index in [0.29, 0.717) is 6.54 Å². The van der Waals surface area contributed by atoms with Gasteiger partial charge < -0.3 is 9.64 Å². The normalized spacial score (nSPS) is 21.9. The molecule has 1 heterocycles. The average molecular weight is 304 g/mol. The number of rotatable bonds is 2. The minimum Gasteiger partial charge on any atom is -0.367 e. The van der Waals surface area contributed by atoms with Gasteiger partial charge in [0.25, 0.3) is 5.91 Å². The van der Waals surface area contributed by atoms with Gasteiger partial charge in [-0.25, -0.2) is 8.78 Å². The van der Waals surface area contributed by atoms with Gasteiger partial charge in [0.15, 0.2) is 0 Å². The maximum absolute atomic E-state index is 13.7. The molecule has 0 N–H and O–H groups in total. The number of benzene rings is 1. The predicted molar refractivity (Wildman–Crippen MR) is 71.9 cm³/mol. The molecule has 6 heteroatoms. The molecule has 1 aliphatic heterocycles. The Bertz CT molecular complexity index is 522. The monoisotopic (exact) mass is 303 g/mol. The first-order valence-electron chi connectivity index (χ1n) is 6.30. The summed E-state index contributed by atoms with van der Waals surface area (Å²) < 4.78 is 32.6. The van der Waals surface area contributed by atoms with Gasteiger partial charge in [0.1, 0.15) is 11.6 Å². The molecule has 1 aliphatic rings. The molecule has 1 atom stereocenters. The van der Waals surface area contributed by atoms with Gasteiger partial charge in [-0.2, -0.15) is 0 Å². The number of ether oxygens (including phenoxy) is 1. The molecule has 1 saturated heterocycles. The third-order valence-corrected chi connectivity index (χ3v) is 3.44. The molecular weight excluding hydrogens is 288 g/mol. The second-order valence-electron chi connectivity index (χ2n) is 5.46. The van der Waals surface area contributed by atoms with Crippen molar-refractivity contribution >= 4 is 17.5 Å². The highest BCUT2D eigenvalue weighted by atomic mass is 35.5. The number of morpholine rings is 1. The fourth-order valence-electron chi connectivity index (χ4n) is 2.36. The molecule has 1 aromatic carbocycles. The highest BCUT2D eigenvalue weighted by Gasteiger charge is 2.36. The van der Waals surface area contributed by atoms with E-state index in [4.69, 9.17) is 16.3 Å². The standard InChI is InChI=1S/C14H16ClF2NO2/c1-14(2)8-18(7-10(6-15)20-14)13(19)11-5-9(16)3-4-12(11)17/h3-5,10H,6-8H2,1-2H3. The van der Waals surface area contributed by atoms with Crippen LogP contribution in [-0.2, 0) is 4.74 Å². The van der Waals surface area contributed by atoms with E-state index in [1.807, 2.05) is 13.8 Å². The van der Waals surface area contributed by atoms with Crippen LogP contribution in [0.4, 0.5) is 8.78 Å². The van der Waals surface area contributed by atoms with Gasteiger partial charge in [0.05, 0.1) is 23.1 Å². The van der Waals surface area contributed by atoms with Crippen molar-refractivity contribution < 1.29 is 18.3 Å². The molecule has 2 rings (SSSR count). The Kier molecular flexibility index (Phi) is 4.30. The van der Waals surface area contributed by atoms with Crippen LogP contribution in [0.2, 0.25) is 0 Å². The molecule has 1 amide bonds. The largest absolute Gasteiger partial charge is 0.367 e. The van der Waals surface area contributed by atoms with E-state index in [9.17, 15) is 13.6 Å². The van der Waals surface area contributed by atoms with Crippen LogP contribution >= 0.6 is 11.6 Å². The van der Waals surface area contributed by atoms with Crippen molar-refractivity contribution in [3.05, 3.63) is 35.4 Å². The Morgan fingerprint density at radius 2 is 2.20 bits per heavy atom. The highest BCUT2D eigenvalue weighted by molar-refractivity contribution is 6.18. The van der Waals surface area contributed by atoms with Gasteiger partial charge in [0.2, 0.25) is 0 Å². The average Bonchev–Trinajstić information content (AvgIpc) is 2.38. The minimum atomic E-state index is -0.733. The predicted octanol–water partition coefficient (Wildman–Crippen LogP) is 2.82. The van der Waals surface area contributed by atoms with Crippen LogP contribution in [0.5, 0.6) is 0 Å². The van der Waals surface area contributed by atoms with E-state index >= 15 is 0 Å². The maximum Gasteiger partial charge on any atom is 0.257 e. The summed E-state index contributed by atoms with van der Waals surface area (Å²) >= 11 is 5.78. The zero-order chi connectivity index (χ0) is 14.9. The number of halogens is 3. The second kappa shape index (κ2) is 5.66. The number of amides is 1. The van der Waals surface area contributed by atoms with E-state index in [-0.39, 0.29) is 24.1 Å². The van der Waals surface area contributed by atoms with E-state index < -0.39 is 23.1 Å². The zero-order valence-corrected chi connectivity index (χ0v) is 12.1. The summed E-state index contributed by atoms with van der Waals surface area (Å²) in [7, 11) is 0. The Hall–Kier alpha value is -1.20. The van der Waals surface area contributed by atoms with Gasteiger partial charge in [-0.15, -0.1) is 11.6 Å². The number of carbonyl (C=O) groups is 1. The molecule has 1 aromatic rings. The molecule has 0 aromatic heterocycles. The van der Waals surface area contributed by atoms with E-state index in [1.165, 1.54) is 4.90 Å². The third-order valence-electron chi connectivity index (χ3n) is 3.10. The summed E-state index contributed by atoms with van der Waals surface area (Å²) in [4.78, 5) is 13.8. The summed E-state index contributed by atoms with van der Waals surface area (Å²) in [6.45, 7) is 4.22. The van der Waals surface area contributed by atoms with Gasteiger partial charge in [-0.05, 0) is 32.0 Å². The lowest BCUT2D eigenvalue weighted by atomic mass is 10.0. The Balaban J connectivity index is 2.25. The smallest absolute Gasteiger partial charge is 0.257 e. The lowest BCUT2D eigenvalue weighted by molar-refractivity contribution is -0.117. The molecule has 0 bridgehead atoms. The van der Waals surface area contributed by atoms with Crippen molar-refractivity contribution in [1.82, 2.24) is 4.90 Å². The molecule has 1 unspecified atom stereocenters. The van der Waals surface area contributed by atoms with Crippen molar-refractivity contribution in [1.29, 1.82) is 0 Å². The summed E-state index contributed by atoms with van der Waals surface area (Å²) in [5.74, 6) is -1.69. The molecule has 110 valence electrons. The number of carbonyl (C=O) groups excluding carboxylic acids is 1. The number of nitrogens with zero attached hydrogens (tertiary/aromatic N) is 1. The van der Waals surface area contributed by atoms with E-state index in [0.717, 1.165) is 18.2 Å². The number of alkyl halides is 1. The fourth-order valence-corrected chi connectivity index (χ4v) is 2.52. The Labute approximate surface area is 121 Å². The van der Waals surface area contributed by atoms with Crippen molar-refractivity contribution in [3.63, 3.8) is 0 Å². The number of hydrogen-bond donors (Lipinski definition) is 0. The zero-order valence-electron chi connectivity index (χ0n) is 11.3. The SMILES string of the molecule is CC1(C)CN(C(=O)c2cc(F)ccc2F)CC(CCl)O1. The molecule has 0 radical (unpaired) electrons. The first-order valence-corrected chi connectivity index (χ1v) is 6.84. The van der Waals surface area contributed by atoms with Crippen molar-refractivity contribution in [2.75, 3.05) is 19.0 Å². The van der Waals surface area contributed by atoms with E-state index in [1.54, 1.807) is 0 Å². The highest BCUT2D eigenvalue weighted by Crippen LogP contribution is 2.24. The summed E-state index contributed by atoms with van der Waals surface area (Å²) in [5.41, 5.74) is -0.840. The van der Waals surface area contributed by atoms with Crippen LogP contribution in [0.15, 0.2) is 18.2 Å². The molecular formula is C14H16ClF2NO2. The molecule has 0 aliphatic carbocycles. The molecule has 0 saturated carbocycles. The van der Waals surface area contributed by atoms with Crippen LogP contribution in [0.3, 0.4) is 0 Å². The first-order chi connectivity index (χ1) is 9.32. The summed E-state index contributed by atoms with van der Waals surface area (Å²) in [5, 5.41) is 0. The Morgan fingerprint density at radius 1 is 1.50 bits per heavy atom. The lowest BCUT2D eigenvalue weighted by Crippen LogP contribution is -2.55. The maximum atomic E-state index is 13.7.